The number of carbonyl (C=O) groups excluding carboxylic acids is 1. The van der Waals surface area contributed by atoms with Crippen LogP contribution in [0.3, 0.4) is 0 Å². The number of rotatable bonds is 4. The second-order valence-corrected chi connectivity index (χ2v) is 8.92. The van der Waals surface area contributed by atoms with Gasteiger partial charge in [-0.05, 0) is 68.7 Å². The number of carbonyl (C=O) groups is 1. The average Bonchev–Trinajstić information content (AvgIpc) is 2.97. The average molecular weight is 428 g/mol. The number of alkyl carbamates (subject to hydrolysis) is 1. The largest absolute Gasteiger partial charge is 0.444 e. The molecule has 6 nitrogen and oxygen atoms in total. The number of aliphatic imine (C=N–C) groups is 1. The summed E-state index contributed by atoms with van der Waals surface area (Å²) in [6.07, 6.45) is -0.819. The zero-order chi connectivity index (χ0) is 22.8. The van der Waals surface area contributed by atoms with Crippen LogP contribution in [-0.4, -0.2) is 40.7 Å². The Labute approximate surface area is 182 Å². The van der Waals surface area contributed by atoms with Gasteiger partial charge in [-0.2, -0.15) is 0 Å². The third-order valence-electron chi connectivity index (χ3n) is 5.13. The van der Waals surface area contributed by atoms with Crippen LogP contribution < -0.4 is 5.32 Å². The summed E-state index contributed by atoms with van der Waals surface area (Å²) in [5, 5.41) is 13.2. The fraction of sp³-hybridized carbons (Fsp3) is 0.417. The van der Waals surface area contributed by atoms with Crippen LogP contribution in [0.5, 0.6) is 0 Å². The molecule has 0 fully saturated rings. The highest BCUT2D eigenvalue weighted by atomic mass is 19.1. The second-order valence-electron chi connectivity index (χ2n) is 8.92. The van der Waals surface area contributed by atoms with Crippen molar-refractivity contribution in [3.8, 4) is 0 Å². The Balaban J connectivity index is 1.74. The summed E-state index contributed by atoms with van der Waals surface area (Å²) in [4.78, 5) is 18.9. The first-order valence-electron chi connectivity index (χ1n) is 10.3. The summed E-state index contributed by atoms with van der Waals surface area (Å²) in [6.45, 7) is 7.89. The molecule has 0 saturated heterocycles. The van der Waals surface area contributed by atoms with Crippen molar-refractivity contribution in [2.75, 3.05) is 7.05 Å². The van der Waals surface area contributed by atoms with Crippen LogP contribution in [0.4, 0.5) is 14.9 Å². The van der Waals surface area contributed by atoms with Crippen LogP contribution >= 0.6 is 0 Å². The maximum atomic E-state index is 13.1. The zero-order valence-electron chi connectivity index (χ0n) is 18.6. The van der Waals surface area contributed by atoms with Crippen LogP contribution in [0.25, 0.3) is 0 Å². The first kappa shape index (κ1) is 22.7. The summed E-state index contributed by atoms with van der Waals surface area (Å²) in [6, 6.07) is 11.6. The number of benzene rings is 2. The van der Waals surface area contributed by atoms with Gasteiger partial charge >= 0.3 is 6.09 Å². The van der Waals surface area contributed by atoms with E-state index < -0.39 is 23.8 Å². The lowest BCUT2D eigenvalue weighted by Gasteiger charge is -2.23. The Morgan fingerprint density at radius 3 is 2.58 bits per heavy atom. The number of amidine groups is 1. The van der Waals surface area contributed by atoms with Gasteiger partial charge in [-0.1, -0.05) is 18.2 Å². The minimum atomic E-state index is -0.719. The van der Waals surface area contributed by atoms with Crippen molar-refractivity contribution in [2.24, 2.45) is 4.99 Å². The molecule has 2 N–H and O–H groups in total. The van der Waals surface area contributed by atoms with Crippen molar-refractivity contribution in [3.05, 3.63) is 65.0 Å². The van der Waals surface area contributed by atoms with E-state index in [1.807, 2.05) is 37.1 Å². The molecule has 7 heteroatoms. The Morgan fingerprint density at radius 1 is 1.26 bits per heavy atom. The molecule has 2 atom stereocenters. The Kier molecular flexibility index (Phi) is 6.65. The van der Waals surface area contributed by atoms with Gasteiger partial charge in [0.2, 0.25) is 0 Å². The molecule has 1 aliphatic rings. The lowest BCUT2D eigenvalue weighted by Crippen LogP contribution is -2.38. The summed E-state index contributed by atoms with van der Waals surface area (Å²) in [7, 11) is 1.92. The minimum Gasteiger partial charge on any atom is -0.444 e. The molecule has 166 valence electrons. The van der Waals surface area contributed by atoms with Crippen molar-refractivity contribution in [1.82, 2.24) is 10.2 Å². The molecule has 2 aromatic carbocycles. The van der Waals surface area contributed by atoms with E-state index in [4.69, 9.17) is 9.73 Å². The van der Waals surface area contributed by atoms with E-state index in [1.165, 1.54) is 12.1 Å². The van der Waals surface area contributed by atoms with Gasteiger partial charge in [-0.25, -0.2) is 14.2 Å². The number of aliphatic hydroxyl groups excluding tert-OH is 1. The predicted octanol–water partition coefficient (Wildman–Crippen LogP) is 4.49. The third kappa shape index (κ3) is 6.04. The van der Waals surface area contributed by atoms with Crippen LogP contribution in [0, 0.1) is 5.82 Å². The zero-order valence-corrected chi connectivity index (χ0v) is 18.6. The highest BCUT2D eigenvalue weighted by Crippen LogP contribution is 2.34. The van der Waals surface area contributed by atoms with Gasteiger partial charge < -0.3 is 20.1 Å². The molecule has 31 heavy (non-hydrogen) atoms. The molecule has 0 spiro atoms. The molecule has 1 amide bonds. The fourth-order valence-electron chi connectivity index (χ4n) is 3.54. The first-order chi connectivity index (χ1) is 14.5. The van der Waals surface area contributed by atoms with Crippen LogP contribution in [0.2, 0.25) is 0 Å². The van der Waals surface area contributed by atoms with Crippen molar-refractivity contribution in [1.29, 1.82) is 0 Å². The Bertz CT molecular complexity index is 967. The minimum absolute atomic E-state index is 0.258. The number of nitrogens with one attached hydrogen (secondary N) is 1. The Hall–Kier alpha value is -2.93. The number of hydrogen-bond acceptors (Lipinski definition) is 4. The van der Waals surface area contributed by atoms with E-state index in [9.17, 15) is 14.3 Å². The fourth-order valence-corrected chi connectivity index (χ4v) is 3.54. The van der Waals surface area contributed by atoms with E-state index >= 15 is 0 Å². The number of ether oxygens (including phenoxy) is 1. The molecule has 0 radical (unpaired) electrons. The molecule has 0 heterocycles. The van der Waals surface area contributed by atoms with Crippen molar-refractivity contribution in [3.63, 3.8) is 0 Å². The lowest BCUT2D eigenvalue weighted by molar-refractivity contribution is 0.0438. The lowest BCUT2D eigenvalue weighted by atomic mass is 10.1. The van der Waals surface area contributed by atoms with Gasteiger partial charge in [-0.15, -0.1) is 0 Å². The standard InChI is InChI=1S/C24H30FN3O3/c1-15(28(5)14-16-6-9-18(25)10-7-16)26-19-11-8-17-12-21(29)22(20(17)13-19)27-23(30)31-24(2,3)4/h6-11,13,21-22,29H,12,14H2,1-5H3,(H,27,30)/t21-,22?/m1/s1. The summed E-state index contributed by atoms with van der Waals surface area (Å²) >= 11 is 0. The topological polar surface area (TPSA) is 74.2 Å². The maximum absolute atomic E-state index is 13.1. The molecule has 0 aliphatic heterocycles. The van der Waals surface area contributed by atoms with Gasteiger partial charge in [0.05, 0.1) is 17.8 Å². The van der Waals surface area contributed by atoms with E-state index in [2.05, 4.69) is 5.32 Å². The van der Waals surface area contributed by atoms with Crippen LogP contribution in [0.15, 0.2) is 47.5 Å². The third-order valence-corrected chi connectivity index (χ3v) is 5.13. The molecule has 0 bridgehead atoms. The maximum Gasteiger partial charge on any atom is 0.408 e. The van der Waals surface area contributed by atoms with E-state index in [-0.39, 0.29) is 5.82 Å². The van der Waals surface area contributed by atoms with Gasteiger partial charge in [0.15, 0.2) is 0 Å². The highest BCUT2D eigenvalue weighted by molar-refractivity contribution is 5.82. The summed E-state index contributed by atoms with van der Waals surface area (Å²) < 4.78 is 18.4. The quantitative estimate of drug-likeness (QED) is 0.557. The van der Waals surface area contributed by atoms with Crippen LogP contribution in [-0.2, 0) is 17.7 Å². The van der Waals surface area contributed by atoms with Crippen molar-refractivity contribution in [2.45, 2.75) is 58.4 Å². The normalized spacial score (nSPS) is 18.5. The first-order valence-corrected chi connectivity index (χ1v) is 10.3. The molecule has 1 aliphatic carbocycles. The van der Waals surface area contributed by atoms with Crippen molar-refractivity contribution < 1.29 is 19.0 Å². The van der Waals surface area contributed by atoms with Gasteiger partial charge in [-0.3, -0.25) is 0 Å². The van der Waals surface area contributed by atoms with Crippen molar-refractivity contribution >= 4 is 17.6 Å². The van der Waals surface area contributed by atoms with Gasteiger partial charge in [0.1, 0.15) is 17.3 Å². The molecule has 0 aromatic heterocycles. The monoisotopic (exact) mass is 427 g/mol. The number of amides is 1. The SMILES string of the molecule is CC(=Nc1ccc2c(c1)C(NC(=O)OC(C)(C)C)[C@H](O)C2)N(C)Cc1ccc(F)cc1. The smallest absolute Gasteiger partial charge is 0.408 e. The predicted molar refractivity (Wildman–Crippen MR) is 119 cm³/mol. The molecule has 0 saturated carbocycles. The number of aliphatic hydroxyl groups is 1. The highest BCUT2D eigenvalue weighted by Gasteiger charge is 2.33. The summed E-state index contributed by atoms with van der Waals surface area (Å²) in [5.74, 6) is 0.533. The van der Waals surface area contributed by atoms with Gasteiger partial charge in [0, 0.05) is 20.0 Å². The molecular formula is C24H30FN3O3. The van der Waals surface area contributed by atoms with E-state index in [0.29, 0.717) is 13.0 Å². The summed E-state index contributed by atoms with van der Waals surface area (Å²) in [5.41, 5.74) is 2.91. The van der Waals surface area contributed by atoms with Crippen LogP contribution in [0.1, 0.15) is 50.4 Å². The number of halogens is 1. The van der Waals surface area contributed by atoms with E-state index in [0.717, 1.165) is 28.2 Å². The van der Waals surface area contributed by atoms with Gasteiger partial charge in [0.25, 0.3) is 0 Å². The number of hydrogen-bond donors (Lipinski definition) is 2. The second kappa shape index (κ2) is 9.06. The molecule has 1 unspecified atom stereocenters. The Morgan fingerprint density at radius 2 is 1.94 bits per heavy atom. The molecule has 2 aromatic rings. The van der Waals surface area contributed by atoms with E-state index in [1.54, 1.807) is 32.9 Å². The molecule has 3 rings (SSSR count). The number of fused-ring (bicyclic) bond motifs is 1. The molecular weight excluding hydrogens is 397 g/mol. The number of nitrogens with zero attached hydrogens (tertiary/aromatic N) is 2.